The van der Waals surface area contributed by atoms with Crippen molar-refractivity contribution in [3.63, 3.8) is 0 Å². The molecule has 0 saturated heterocycles. The monoisotopic (exact) mass is 165 g/mol. The fourth-order valence-electron chi connectivity index (χ4n) is 0.763. The van der Waals surface area contributed by atoms with Gasteiger partial charge in [-0.25, -0.2) is 0 Å². The van der Waals surface area contributed by atoms with E-state index in [-0.39, 0.29) is 5.96 Å². The van der Waals surface area contributed by atoms with E-state index >= 15 is 0 Å². The van der Waals surface area contributed by atoms with Crippen LogP contribution in [0.4, 0.5) is 0 Å². The topological polar surface area (TPSA) is 81.7 Å². The van der Waals surface area contributed by atoms with Crippen molar-refractivity contribution in [1.82, 2.24) is 4.57 Å². The minimum atomic E-state index is -0.0412. The highest BCUT2D eigenvalue weighted by Crippen LogP contribution is 1.94. The first kappa shape index (κ1) is 8.32. The maximum absolute atomic E-state index is 5.08. The fourth-order valence-corrected chi connectivity index (χ4v) is 0.763. The predicted molar refractivity (Wildman–Crippen MR) is 48.8 cm³/mol. The van der Waals surface area contributed by atoms with Gasteiger partial charge in [0.25, 0.3) is 0 Å². The van der Waals surface area contributed by atoms with Crippen molar-refractivity contribution in [1.29, 1.82) is 0 Å². The average molecular weight is 165 g/mol. The molecule has 1 aromatic heterocycles. The highest BCUT2D eigenvalue weighted by molar-refractivity contribution is 5.80. The molecule has 1 aromatic rings. The SMILES string of the molecule is Cn1cccc1C=NN=C(N)N. The predicted octanol–water partition coefficient (Wildman–Crippen LogP) is -0.368. The van der Waals surface area contributed by atoms with Gasteiger partial charge in [-0.3, -0.25) is 0 Å². The van der Waals surface area contributed by atoms with Crippen molar-refractivity contribution in [2.75, 3.05) is 0 Å². The first-order valence-electron chi connectivity index (χ1n) is 3.43. The second kappa shape index (κ2) is 3.56. The Kier molecular flexibility index (Phi) is 2.47. The van der Waals surface area contributed by atoms with Gasteiger partial charge in [-0.15, -0.1) is 5.10 Å². The summed E-state index contributed by atoms with van der Waals surface area (Å²) in [6.45, 7) is 0. The maximum Gasteiger partial charge on any atom is 0.211 e. The summed E-state index contributed by atoms with van der Waals surface area (Å²) in [7, 11) is 1.91. The van der Waals surface area contributed by atoms with Crippen molar-refractivity contribution in [3.05, 3.63) is 24.0 Å². The molecular weight excluding hydrogens is 154 g/mol. The molecule has 0 aliphatic rings. The number of hydrogen-bond acceptors (Lipinski definition) is 2. The third-order valence-corrected chi connectivity index (χ3v) is 1.35. The molecule has 0 spiro atoms. The number of aryl methyl sites for hydroxylation is 1. The summed E-state index contributed by atoms with van der Waals surface area (Å²) in [5.41, 5.74) is 11.1. The van der Waals surface area contributed by atoms with Crippen LogP contribution in [0.1, 0.15) is 5.69 Å². The number of nitrogens with two attached hydrogens (primary N) is 2. The van der Waals surface area contributed by atoms with Crippen molar-refractivity contribution in [2.45, 2.75) is 0 Å². The van der Waals surface area contributed by atoms with E-state index in [0.29, 0.717) is 0 Å². The third-order valence-electron chi connectivity index (χ3n) is 1.35. The molecule has 0 fully saturated rings. The van der Waals surface area contributed by atoms with Gasteiger partial charge in [0.05, 0.1) is 11.9 Å². The third kappa shape index (κ3) is 2.12. The van der Waals surface area contributed by atoms with Crippen molar-refractivity contribution < 1.29 is 0 Å². The molecule has 0 amide bonds. The molecule has 64 valence electrons. The Labute approximate surface area is 70.4 Å². The average Bonchev–Trinajstić information content (AvgIpc) is 2.36. The van der Waals surface area contributed by atoms with Gasteiger partial charge in [0.1, 0.15) is 0 Å². The highest BCUT2D eigenvalue weighted by atomic mass is 15.3. The smallest absolute Gasteiger partial charge is 0.211 e. The van der Waals surface area contributed by atoms with Crippen LogP contribution in [0.2, 0.25) is 0 Å². The number of hydrogen-bond donors (Lipinski definition) is 2. The summed E-state index contributed by atoms with van der Waals surface area (Å²) >= 11 is 0. The Balaban J connectivity index is 2.70. The number of rotatable bonds is 2. The van der Waals surface area contributed by atoms with E-state index in [1.165, 1.54) is 0 Å². The number of aromatic nitrogens is 1. The van der Waals surface area contributed by atoms with Gasteiger partial charge in [0.2, 0.25) is 5.96 Å². The Morgan fingerprint density at radius 1 is 1.58 bits per heavy atom. The quantitative estimate of drug-likeness (QED) is 0.356. The van der Waals surface area contributed by atoms with Gasteiger partial charge < -0.3 is 16.0 Å². The zero-order valence-corrected chi connectivity index (χ0v) is 6.81. The minimum Gasteiger partial charge on any atom is -0.369 e. The Bertz CT molecular complexity index is 305. The summed E-state index contributed by atoms with van der Waals surface area (Å²) in [6, 6.07) is 3.82. The summed E-state index contributed by atoms with van der Waals surface area (Å²) in [5.74, 6) is -0.0412. The lowest BCUT2D eigenvalue weighted by Gasteiger charge is -1.92. The fraction of sp³-hybridized carbons (Fsp3) is 0.143. The van der Waals surface area contributed by atoms with Crippen molar-refractivity contribution in [3.8, 4) is 0 Å². The van der Waals surface area contributed by atoms with Gasteiger partial charge in [-0.05, 0) is 12.1 Å². The van der Waals surface area contributed by atoms with Crippen LogP contribution in [-0.2, 0) is 7.05 Å². The van der Waals surface area contributed by atoms with E-state index in [4.69, 9.17) is 11.5 Å². The lowest BCUT2D eigenvalue weighted by molar-refractivity contribution is 0.917. The van der Waals surface area contributed by atoms with Crippen LogP contribution in [0.25, 0.3) is 0 Å². The molecule has 5 nitrogen and oxygen atoms in total. The van der Waals surface area contributed by atoms with Gasteiger partial charge in [-0.1, -0.05) is 0 Å². The molecule has 0 aromatic carbocycles. The second-order valence-electron chi connectivity index (χ2n) is 2.31. The lowest BCUT2D eigenvalue weighted by atomic mass is 10.5. The molecule has 0 aliphatic carbocycles. The molecule has 5 heteroatoms. The Morgan fingerprint density at radius 3 is 2.83 bits per heavy atom. The summed E-state index contributed by atoms with van der Waals surface area (Å²) in [5, 5.41) is 7.14. The molecule has 0 atom stereocenters. The van der Waals surface area contributed by atoms with Gasteiger partial charge in [0.15, 0.2) is 0 Å². The van der Waals surface area contributed by atoms with Crippen LogP contribution in [0.15, 0.2) is 28.5 Å². The Morgan fingerprint density at radius 2 is 2.33 bits per heavy atom. The first-order chi connectivity index (χ1) is 5.70. The van der Waals surface area contributed by atoms with Crippen LogP contribution >= 0.6 is 0 Å². The molecule has 0 aliphatic heterocycles. The van der Waals surface area contributed by atoms with E-state index < -0.39 is 0 Å². The molecule has 12 heavy (non-hydrogen) atoms. The van der Waals surface area contributed by atoms with E-state index in [9.17, 15) is 0 Å². The molecule has 0 bridgehead atoms. The summed E-state index contributed by atoms with van der Waals surface area (Å²) < 4.78 is 1.91. The molecule has 1 rings (SSSR count). The van der Waals surface area contributed by atoms with Gasteiger partial charge in [0, 0.05) is 13.2 Å². The van der Waals surface area contributed by atoms with Crippen LogP contribution < -0.4 is 11.5 Å². The largest absolute Gasteiger partial charge is 0.369 e. The molecule has 0 unspecified atom stereocenters. The molecule has 0 radical (unpaired) electrons. The zero-order chi connectivity index (χ0) is 8.97. The van der Waals surface area contributed by atoms with Crippen LogP contribution in [-0.4, -0.2) is 16.7 Å². The normalized spacial score (nSPS) is 10.4. The van der Waals surface area contributed by atoms with E-state index in [1.807, 2.05) is 29.9 Å². The second-order valence-corrected chi connectivity index (χ2v) is 2.31. The van der Waals surface area contributed by atoms with Crippen LogP contribution in [0.5, 0.6) is 0 Å². The van der Waals surface area contributed by atoms with Crippen LogP contribution in [0.3, 0.4) is 0 Å². The zero-order valence-electron chi connectivity index (χ0n) is 6.81. The molecule has 4 N–H and O–H groups in total. The van der Waals surface area contributed by atoms with Gasteiger partial charge in [-0.2, -0.15) is 5.10 Å². The molecule has 1 heterocycles. The first-order valence-corrected chi connectivity index (χ1v) is 3.43. The number of guanidine groups is 1. The van der Waals surface area contributed by atoms with E-state index in [1.54, 1.807) is 6.21 Å². The molecular formula is C7H11N5. The van der Waals surface area contributed by atoms with Gasteiger partial charge >= 0.3 is 0 Å². The minimum absolute atomic E-state index is 0.0412. The standard InChI is InChI=1S/C7H11N5/c1-12-4-2-3-6(12)5-10-11-7(8)9/h2-5H,1H3,(H4,8,9,11). The number of nitrogens with zero attached hydrogens (tertiary/aromatic N) is 3. The van der Waals surface area contributed by atoms with Crippen LogP contribution in [0, 0.1) is 0 Å². The maximum atomic E-state index is 5.08. The van der Waals surface area contributed by atoms with E-state index in [2.05, 4.69) is 10.2 Å². The lowest BCUT2D eigenvalue weighted by Crippen LogP contribution is -2.21. The van der Waals surface area contributed by atoms with Crippen molar-refractivity contribution >= 4 is 12.2 Å². The highest BCUT2D eigenvalue weighted by Gasteiger charge is 1.89. The summed E-state index contributed by atoms with van der Waals surface area (Å²) in [4.78, 5) is 0. The van der Waals surface area contributed by atoms with Crippen molar-refractivity contribution in [2.24, 2.45) is 28.7 Å². The Hall–Kier alpha value is -1.78. The van der Waals surface area contributed by atoms with E-state index in [0.717, 1.165) is 5.69 Å². The summed E-state index contributed by atoms with van der Waals surface area (Å²) in [6.07, 6.45) is 3.50. The molecule has 0 saturated carbocycles.